The van der Waals surface area contributed by atoms with Crippen LogP contribution in [0.2, 0.25) is 0 Å². The zero-order chi connectivity index (χ0) is 11.4. The van der Waals surface area contributed by atoms with E-state index < -0.39 is 18.2 Å². The van der Waals surface area contributed by atoms with Crippen LogP contribution in [0.4, 0.5) is 0 Å². The number of aliphatic hydroxyl groups excluding tert-OH is 2. The van der Waals surface area contributed by atoms with Gasteiger partial charge in [-0.15, -0.1) is 0 Å². The third-order valence-corrected chi connectivity index (χ3v) is 2.52. The summed E-state index contributed by atoms with van der Waals surface area (Å²) >= 11 is 0. The second-order valence-electron chi connectivity index (χ2n) is 3.72. The summed E-state index contributed by atoms with van der Waals surface area (Å²) in [5.74, 6) is -0.0860. The first-order valence-electron chi connectivity index (χ1n) is 5.02. The summed E-state index contributed by atoms with van der Waals surface area (Å²) in [6.45, 7) is 1.88. The van der Waals surface area contributed by atoms with E-state index >= 15 is 0 Å². The van der Waals surface area contributed by atoms with Crippen LogP contribution in [0.5, 0.6) is 0 Å². The fourth-order valence-corrected chi connectivity index (χ4v) is 1.64. The number of rotatable bonds is 4. The number of carbonyl (C=O) groups excluding carboxylic acids is 1. The summed E-state index contributed by atoms with van der Waals surface area (Å²) < 4.78 is 0. The van der Waals surface area contributed by atoms with Crippen molar-refractivity contribution in [2.45, 2.75) is 44.4 Å². The summed E-state index contributed by atoms with van der Waals surface area (Å²) in [6, 6.07) is -0.916. The van der Waals surface area contributed by atoms with Gasteiger partial charge >= 0.3 is 0 Å². The first kappa shape index (κ1) is 12.0. The maximum absolute atomic E-state index is 11.5. The van der Waals surface area contributed by atoms with Gasteiger partial charge in [0, 0.05) is 12.8 Å². The summed E-state index contributed by atoms with van der Waals surface area (Å²) in [7, 11) is 0. The Balaban J connectivity index is 2.78. The third-order valence-electron chi connectivity index (χ3n) is 2.52. The zero-order valence-corrected chi connectivity index (χ0v) is 8.59. The van der Waals surface area contributed by atoms with Crippen molar-refractivity contribution in [1.29, 1.82) is 0 Å². The minimum absolute atomic E-state index is 0.0860. The lowest BCUT2D eigenvalue weighted by molar-refractivity contribution is -0.116. The molecule has 84 valence electrons. The summed E-state index contributed by atoms with van der Waals surface area (Å²) in [4.78, 5) is 21.9. The molecule has 0 amide bonds. The number of aliphatic hydroxyl groups is 2. The fraction of sp³-hybridized carbons (Fsp3) is 0.700. The molecule has 0 spiro atoms. The van der Waals surface area contributed by atoms with Crippen LogP contribution >= 0.6 is 0 Å². The van der Waals surface area contributed by atoms with Gasteiger partial charge in [0.25, 0.3) is 0 Å². The van der Waals surface area contributed by atoms with E-state index in [2.05, 4.69) is 5.18 Å². The van der Waals surface area contributed by atoms with Crippen molar-refractivity contribution in [3.63, 3.8) is 0 Å². The summed E-state index contributed by atoms with van der Waals surface area (Å²) in [5.41, 5.74) is 0.402. The van der Waals surface area contributed by atoms with Crippen LogP contribution in [0, 0.1) is 4.91 Å². The molecular weight excluding hydrogens is 198 g/mol. The summed E-state index contributed by atoms with van der Waals surface area (Å²) in [6.07, 6.45) is 0.192. The van der Waals surface area contributed by atoms with Gasteiger partial charge in [-0.25, -0.2) is 0 Å². The van der Waals surface area contributed by atoms with Crippen molar-refractivity contribution in [3.05, 3.63) is 16.6 Å². The van der Waals surface area contributed by atoms with E-state index in [0.29, 0.717) is 18.4 Å². The van der Waals surface area contributed by atoms with Gasteiger partial charge in [-0.1, -0.05) is 12.1 Å². The molecule has 5 nitrogen and oxygen atoms in total. The Kier molecular flexibility index (Phi) is 4.11. The highest BCUT2D eigenvalue weighted by Crippen LogP contribution is 2.23. The average molecular weight is 213 g/mol. The molecule has 3 atom stereocenters. The van der Waals surface area contributed by atoms with Gasteiger partial charge in [0.05, 0.1) is 0 Å². The lowest BCUT2D eigenvalue weighted by Gasteiger charge is -2.26. The number of nitroso groups, excluding NO2 is 1. The normalized spacial score (nSPS) is 30.9. The van der Waals surface area contributed by atoms with Gasteiger partial charge in [-0.05, 0) is 18.1 Å². The van der Waals surface area contributed by atoms with Gasteiger partial charge in [0.2, 0.25) is 0 Å². The van der Waals surface area contributed by atoms with Crippen molar-refractivity contribution in [2.24, 2.45) is 5.18 Å². The van der Waals surface area contributed by atoms with Crippen LogP contribution in [0.1, 0.15) is 26.2 Å². The molecule has 3 unspecified atom stereocenters. The third kappa shape index (κ3) is 2.70. The second-order valence-corrected chi connectivity index (χ2v) is 3.72. The summed E-state index contributed by atoms with van der Waals surface area (Å²) in [5, 5.41) is 21.5. The molecule has 0 radical (unpaired) electrons. The van der Waals surface area contributed by atoms with Gasteiger partial charge in [0.15, 0.2) is 5.78 Å². The molecule has 5 heteroatoms. The fourth-order valence-electron chi connectivity index (χ4n) is 1.64. The minimum atomic E-state index is -1.19. The maximum atomic E-state index is 11.5. The first-order chi connectivity index (χ1) is 7.10. The SMILES string of the molecule is CCCC(=O)C1=CC(O)C(O)C(N=O)C1. The van der Waals surface area contributed by atoms with Crippen LogP contribution in [-0.2, 0) is 4.79 Å². The lowest BCUT2D eigenvalue weighted by Crippen LogP contribution is -2.39. The van der Waals surface area contributed by atoms with Crippen molar-refractivity contribution in [1.82, 2.24) is 0 Å². The number of carbonyl (C=O) groups is 1. The van der Waals surface area contributed by atoms with Crippen LogP contribution in [0.15, 0.2) is 16.8 Å². The molecule has 1 rings (SSSR count). The van der Waals surface area contributed by atoms with E-state index in [1.54, 1.807) is 0 Å². The molecule has 1 aliphatic rings. The molecule has 0 saturated heterocycles. The molecule has 0 aromatic heterocycles. The van der Waals surface area contributed by atoms with Crippen molar-refractivity contribution < 1.29 is 15.0 Å². The molecular formula is C10H15NO4. The van der Waals surface area contributed by atoms with Crippen molar-refractivity contribution >= 4 is 5.78 Å². The predicted molar refractivity (Wildman–Crippen MR) is 54.2 cm³/mol. The Morgan fingerprint density at radius 1 is 1.60 bits per heavy atom. The Labute approximate surface area is 87.8 Å². The van der Waals surface area contributed by atoms with E-state index in [0.717, 1.165) is 0 Å². The highest BCUT2D eigenvalue weighted by Gasteiger charge is 2.33. The lowest BCUT2D eigenvalue weighted by atomic mass is 9.88. The molecule has 0 fully saturated rings. The number of hydrogen-bond donors (Lipinski definition) is 2. The van der Waals surface area contributed by atoms with Crippen LogP contribution in [0.3, 0.4) is 0 Å². The van der Waals surface area contributed by atoms with Crippen LogP contribution in [-0.4, -0.2) is 34.2 Å². The van der Waals surface area contributed by atoms with E-state index in [9.17, 15) is 19.9 Å². The molecule has 0 heterocycles. The minimum Gasteiger partial charge on any atom is -0.388 e. The largest absolute Gasteiger partial charge is 0.388 e. The van der Waals surface area contributed by atoms with Gasteiger partial charge in [-0.3, -0.25) is 4.79 Å². The monoisotopic (exact) mass is 213 g/mol. The Morgan fingerprint density at radius 2 is 2.27 bits per heavy atom. The smallest absolute Gasteiger partial charge is 0.158 e. The number of Topliss-reactive ketones (excluding diaryl/α,β-unsaturated/α-hetero) is 1. The van der Waals surface area contributed by atoms with Crippen LogP contribution < -0.4 is 0 Å². The molecule has 0 saturated carbocycles. The van der Waals surface area contributed by atoms with E-state index in [1.807, 2.05) is 6.92 Å². The molecule has 1 aliphatic carbocycles. The molecule has 15 heavy (non-hydrogen) atoms. The van der Waals surface area contributed by atoms with E-state index in [-0.39, 0.29) is 12.2 Å². The van der Waals surface area contributed by atoms with Gasteiger partial charge in [-0.2, -0.15) is 4.91 Å². The van der Waals surface area contributed by atoms with Gasteiger partial charge in [0.1, 0.15) is 18.2 Å². The van der Waals surface area contributed by atoms with Crippen molar-refractivity contribution in [3.8, 4) is 0 Å². The first-order valence-corrected chi connectivity index (χ1v) is 5.02. The van der Waals surface area contributed by atoms with Crippen molar-refractivity contribution in [2.75, 3.05) is 0 Å². The molecule has 0 aromatic rings. The molecule has 2 N–H and O–H groups in total. The quantitative estimate of drug-likeness (QED) is 0.667. The van der Waals surface area contributed by atoms with Gasteiger partial charge < -0.3 is 10.2 Å². The number of ketones is 1. The standard InChI is InChI=1S/C10H15NO4/c1-2-3-8(12)6-4-7(11-15)10(14)9(13)5-6/h5,7,9-10,13-14H,2-4H2,1H3. The number of hydrogen-bond acceptors (Lipinski definition) is 5. The zero-order valence-electron chi connectivity index (χ0n) is 8.59. The molecule has 0 bridgehead atoms. The predicted octanol–water partition coefficient (Wildman–Crippen LogP) is 0.542. The van der Waals surface area contributed by atoms with Crippen LogP contribution in [0.25, 0.3) is 0 Å². The molecule has 0 aliphatic heterocycles. The molecule has 0 aromatic carbocycles. The Hall–Kier alpha value is -1.07. The highest BCUT2D eigenvalue weighted by atomic mass is 16.3. The average Bonchev–Trinajstić information content (AvgIpc) is 2.22. The highest BCUT2D eigenvalue weighted by molar-refractivity contribution is 5.95. The topological polar surface area (TPSA) is 87.0 Å². The second kappa shape index (κ2) is 5.14. The Bertz CT molecular complexity index is 287. The van der Waals surface area contributed by atoms with E-state index in [1.165, 1.54) is 6.08 Å². The Morgan fingerprint density at radius 3 is 2.80 bits per heavy atom. The maximum Gasteiger partial charge on any atom is 0.158 e. The number of nitrogens with zero attached hydrogens (tertiary/aromatic N) is 1. The van der Waals surface area contributed by atoms with E-state index in [4.69, 9.17) is 0 Å².